The molecule has 0 saturated heterocycles. The number of nitrogens with zero attached hydrogens (tertiary/aromatic N) is 5. The first-order valence-corrected chi connectivity index (χ1v) is 9.52. The number of hydrogen-bond acceptors (Lipinski definition) is 7. The zero-order valence-electron chi connectivity index (χ0n) is 13.8. The third kappa shape index (κ3) is 3.39. The molecule has 0 aliphatic rings. The Balaban J connectivity index is 1.47. The SMILES string of the molecule is Cc1nc(-c2cccs2)sc1CNC(=O)c1cccc(-n2cnnn2)c1. The molecule has 0 unspecified atom stereocenters. The summed E-state index contributed by atoms with van der Waals surface area (Å²) in [6.07, 6.45) is 1.49. The van der Waals surface area contributed by atoms with Crippen LogP contribution in [0.3, 0.4) is 0 Å². The fraction of sp³-hybridized carbons (Fsp3) is 0.118. The van der Waals surface area contributed by atoms with Crippen LogP contribution in [0.25, 0.3) is 15.6 Å². The van der Waals surface area contributed by atoms with Crippen LogP contribution < -0.4 is 5.32 Å². The van der Waals surface area contributed by atoms with Gasteiger partial charge in [-0.2, -0.15) is 0 Å². The van der Waals surface area contributed by atoms with Crippen LogP contribution in [0.2, 0.25) is 0 Å². The minimum absolute atomic E-state index is 0.148. The maximum absolute atomic E-state index is 12.5. The van der Waals surface area contributed by atoms with Gasteiger partial charge in [-0.05, 0) is 47.0 Å². The van der Waals surface area contributed by atoms with E-state index in [9.17, 15) is 4.79 Å². The lowest BCUT2D eigenvalue weighted by Gasteiger charge is -2.06. The van der Waals surface area contributed by atoms with Gasteiger partial charge in [-0.3, -0.25) is 4.79 Å². The molecule has 3 heterocycles. The summed E-state index contributed by atoms with van der Waals surface area (Å²) < 4.78 is 1.51. The van der Waals surface area contributed by atoms with Crippen LogP contribution in [0.4, 0.5) is 0 Å². The molecule has 1 amide bonds. The molecule has 0 atom stereocenters. The molecule has 4 aromatic rings. The third-order valence-corrected chi connectivity index (χ3v) is 5.95. The molecular weight excluding hydrogens is 368 g/mol. The number of carbonyl (C=O) groups is 1. The molecule has 130 valence electrons. The highest BCUT2D eigenvalue weighted by atomic mass is 32.1. The Morgan fingerprint density at radius 3 is 2.96 bits per heavy atom. The highest BCUT2D eigenvalue weighted by Gasteiger charge is 2.12. The molecule has 26 heavy (non-hydrogen) atoms. The van der Waals surface area contributed by atoms with Crippen molar-refractivity contribution < 1.29 is 4.79 Å². The third-order valence-electron chi connectivity index (χ3n) is 3.76. The summed E-state index contributed by atoms with van der Waals surface area (Å²) in [6, 6.07) is 11.2. The fourth-order valence-electron chi connectivity index (χ4n) is 2.43. The zero-order valence-corrected chi connectivity index (χ0v) is 15.4. The molecule has 0 aliphatic heterocycles. The van der Waals surface area contributed by atoms with E-state index in [1.807, 2.05) is 24.4 Å². The summed E-state index contributed by atoms with van der Waals surface area (Å²) in [6.45, 7) is 2.41. The van der Waals surface area contributed by atoms with Crippen LogP contribution in [-0.2, 0) is 6.54 Å². The Hall–Kier alpha value is -2.91. The predicted molar refractivity (Wildman–Crippen MR) is 100 cm³/mol. The number of nitrogens with one attached hydrogen (secondary N) is 1. The number of tetrazole rings is 1. The minimum Gasteiger partial charge on any atom is -0.347 e. The molecule has 0 fully saturated rings. The van der Waals surface area contributed by atoms with Gasteiger partial charge < -0.3 is 5.32 Å². The van der Waals surface area contributed by atoms with E-state index in [-0.39, 0.29) is 5.91 Å². The molecule has 0 bridgehead atoms. The smallest absolute Gasteiger partial charge is 0.251 e. The molecule has 7 nitrogen and oxygen atoms in total. The number of hydrogen-bond donors (Lipinski definition) is 1. The van der Waals surface area contributed by atoms with E-state index in [2.05, 4.69) is 31.9 Å². The van der Waals surface area contributed by atoms with Crippen molar-refractivity contribution in [3.8, 4) is 15.6 Å². The van der Waals surface area contributed by atoms with Crippen LogP contribution in [0, 0.1) is 6.92 Å². The normalized spacial score (nSPS) is 10.8. The van der Waals surface area contributed by atoms with Crippen molar-refractivity contribution in [2.24, 2.45) is 0 Å². The molecule has 0 saturated carbocycles. The lowest BCUT2D eigenvalue weighted by Crippen LogP contribution is -2.22. The summed E-state index contributed by atoms with van der Waals surface area (Å²) in [5, 5.41) is 17.0. The van der Waals surface area contributed by atoms with Gasteiger partial charge in [0.25, 0.3) is 5.91 Å². The van der Waals surface area contributed by atoms with E-state index in [1.165, 1.54) is 11.0 Å². The average molecular weight is 382 g/mol. The van der Waals surface area contributed by atoms with Gasteiger partial charge in [0.05, 0.1) is 22.8 Å². The molecule has 4 rings (SSSR count). The summed E-state index contributed by atoms with van der Waals surface area (Å²) >= 11 is 3.27. The van der Waals surface area contributed by atoms with Gasteiger partial charge in [-0.25, -0.2) is 9.67 Å². The monoisotopic (exact) mass is 382 g/mol. The first kappa shape index (κ1) is 16.6. The van der Waals surface area contributed by atoms with Crippen molar-refractivity contribution in [2.75, 3.05) is 0 Å². The standard InChI is InChI=1S/C17H14N6OS2/c1-11-15(26-17(20-11)14-6-3-7-25-14)9-18-16(24)12-4-2-5-13(8-12)23-10-19-21-22-23/h2-8,10H,9H2,1H3,(H,18,24). The number of carbonyl (C=O) groups excluding carboxylic acids is 1. The van der Waals surface area contributed by atoms with Crippen molar-refractivity contribution in [3.05, 3.63) is 64.2 Å². The number of benzene rings is 1. The summed E-state index contributed by atoms with van der Waals surface area (Å²) in [4.78, 5) is 19.3. The van der Waals surface area contributed by atoms with Gasteiger partial charge in [0.2, 0.25) is 0 Å². The minimum atomic E-state index is -0.148. The Bertz CT molecular complexity index is 1020. The molecule has 1 aromatic carbocycles. The largest absolute Gasteiger partial charge is 0.347 e. The van der Waals surface area contributed by atoms with Gasteiger partial charge in [-0.15, -0.1) is 27.8 Å². The van der Waals surface area contributed by atoms with Gasteiger partial charge in [0.15, 0.2) is 0 Å². The van der Waals surface area contributed by atoms with Crippen molar-refractivity contribution >= 4 is 28.6 Å². The second-order valence-corrected chi connectivity index (χ2v) is 7.52. The maximum Gasteiger partial charge on any atom is 0.251 e. The number of amides is 1. The zero-order chi connectivity index (χ0) is 17.9. The Morgan fingerprint density at radius 1 is 1.27 bits per heavy atom. The predicted octanol–water partition coefficient (Wildman–Crippen LogP) is 3.09. The Labute approximate surface area is 157 Å². The summed E-state index contributed by atoms with van der Waals surface area (Å²) in [5.74, 6) is -0.148. The van der Waals surface area contributed by atoms with E-state index < -0.39 is 0 Å². The van der Waals surface area contributed by atoms with Gasteiger partial charge in [-0.1, -0.05) is 12.1 Å². The number of aryl methyl sites for hydroxylation is 1. The molecule has 0 radical (unpaired) electrons. The second kappa shape index (κ2) is 7.14. The fourth-order valence-corrected chi connectivity index (χ4v) is 4.23. The number of rotatable bonds is 5. The second-order valence-electron chi connectivity index (χ2n) is 5.49. The molecule has 0 spiro atoms. The lowest BCUT2D eigenvalue weighted by atomic mass is 10.2. The van der Waals surface area contributed by atoms with Gasteiger partial charge in [0.1, 0.15) is 11.3 Å². The van der Waals surface area contributed by atoms with Gasteiger partial charge in [0, 0.05) is 10.4 Å². The topological polar surface area (TPSA) is 85.6 Å². The molecule has 3 aromatic heterocycles. The van der Waals surface area contributed by atoms with E-state index >= 15 is 0 Å². The molecular formula is C17H14N6OS2. The van der Waals surface area contributed by atoms with Crippen LogP contribution >= 0.6 is 22.7 Å². The maximum atomic E-state index is 12.5. The number of aromatic nitrogens is 5. The number of thiazole rings is 1. The first-order chi connectivity index (χ1) is 12.7. The van der Waals surface area contributed by atoms with Crippen LogP contribution in [0.1, 0.15) is 20.9 Å². The average Bonchev–Trinajstić information content (AvgIpc) is 3.41. The van der Waals surface area contributed by atoms with E-state index in [0.717, 1.165) is 26.1 Å². The van der Waals surface area contributed by atoms with Crippen molar-refractivity contribution in [1.82, 2.24) is 30.5 Å². The summed E-state index contributed by atoms with van der Waals surface area (Å²) in [5.41, 5.74) is 2.23. The van der Waals surface area contributed by atoms with Crippen LogP contribution in [0.5, 0.6) is 0 Å². The molecule has 0 aliphatic carbocycles. The van der Waals surface area contributed by atoms with Crippen LogP contribution in [-0.4, -0.2) is 31.1 Å². The van der Waals surface area contributed by atoms with E-state index in [1.54, 1.807) is 40.9 Å². The number of thiophene rings is 1. The van der Waals surface area contributed by atoms with Crippen molar-refractivity contribution in [3.63, 3.8) is 0 Å². The summed E-state index contributed by atoms with van der Waals surface area (Å²) in [7, 11) is 0. The quantitative estimate of drug-likeness (QED) is 0.573. The Morgan fingerprint density at radius 2 is 2.19 bits per heavy atom. The van der Waals surface area contributed by atoms with E-state index in [0.29, 0.717) is 12.1 Å². The van der Waals surface area contributed by atoms with E-state index in [4.69, 9.17) is 0 Å². The molecule has 9 heteroatoms. The highest BCUT2D eigenvalue weighted by Crippen LogP contribution is 2.30. The molecule has 1 N–H and O–H groups in total. The first-order valence-electron chi connectivity index (χ1n) is 7.82. The van der Waals surface area contributed by atoms with Gasteiger partial charge >= 0.3 is 0 Å². The Kier molecular flexibility index (Phi) is 4.55. The van der Waals surface area contributed by atoms with Crippen molar-refractivity contribution in [1.29, 1.82) is 0 Å². The van der Waals surface area contributed by atoms with Crippen LogP contribution in [0.15, 0.2) is 48.1 Å². The highest BCUT2D eigenvalue weighted by molar-refractivity contribution is 7.21. The lowest BCUT2D eigenvalue weighted by molar-refractivity contribution is 0.0951. The van der Waals surface area contributed by atoms with Crippen molar-refractivity contribution in [2.45, 2.75) is 13.5 Å².